The summed E-state index contributed by atoms with van der Waals surface area (Å²) in [7, 11) is 0. The number of nitrogens with one attached hydrogen (secondary N) is 2. The predicted octanol–water partition coefficient (Wildman–Crippen LogP) is 1.58. The Morgan fingerprint density at radius 3 is 1.35 bits per heavy atom. The van der Waals surface area contributed by atoms with E-state index in [2.05, 4.69) is 10.6 Å². The first-order chi connectivity index (χ1) is 7.54. The maximum atomic E-state index is 8.62. The molecule has 0 saturated carbocycles. The normalized spacial score (nSPS) is 13.1. The molecule has 17 heavy (non-hydrogen) atoms. The van der Waals surface area contributed by atoms with Crippen LogP contribution in [0.5, 0.6) is 0 Å². The van der Waals surface area contributed by atoms with E-state index in [1.807, 2.05) is 0 Å². The Kier molecular flexibility index (Phi) is 24.6. The number of nitrogens with zero attached hydrogens (tertiary/aromatic N) is 2. The minimum absolute atomic E-state index is 0. The molecule has 0 aromatic heterocycles. The summed E-state index contributed by atoms with van der Waals surface area (Å²) in [6.45, 7) is 6.06. The molecule has 0 heterocycles. The smallest absolute Gasteiger partial charge is 0.679 e. The van der Waals surface area contributed by atoms with Gasteiger partial charge >= 0.3 is 16.5 Å². The SMILES string of the molecule is CC(O)C[N-]CC[NH-].CC(O)C[N-]CC[NH-].[Ni+2]. The first-order valence-electron chi connectivity index (χ1n) is 5.46. The Bertz CT molecular complexity index is 115. The third-order valence-electron chi connectivity index (χ3n) is 1.33. The quantitative estimate of drug-likeness (QED) is 0.522. The average Bonchev–Trinajstić information content (AvgIpc) is 2.18. The van der Waals surface area contributed by atoms with Gasteiger partial charge in [0.15, 0.2) is 0 Å². The zero-order chi connectivity index (χ0) is 12.8. The third-order valence-corrected chi connectivity index (χ3v) is 1.33. The van der Waals surface area contributed by atoms with Crippen LogP contribution in [0.4, 0.5) is 0 Å². The van der Waals surface area contributed by atoms with Crippen LogP contribution in [-0.2, 0) is 16.5 Å². The molecule has 0 rings (SSSR count). The van der Waals surface area contributed by atoms with Crippen LogP contribution in [-0.4, -0.2) is 61.7 Å². The molecule has 7 heteroatoms. The molecule has 0 amide bonds. The first kappa shape index (κ1) is 22.4. The van der Waals surface area contributed by atoms with E-state index in [0.29, 0.717) is 39.3 Å². The van der Waals surface area contributed by atoms with E-state index in [0.717, 1.165) is 0 Å². The Balaban J connectivity index is -0.000000218. The van der Waals surface area contributed by atoms with Crippen molar-refractivity contribution in [1.82, 2.24) is 0 Å². The van der Waals surface area contributed by atoms with Gasteiger partial charge in [0.05, 0.1) is 0 Å². The van der Waals surface area contributed by atoms with E-state index in [1.165, 1.54) is 0 Å². The van der Waals surface area contributed by atoms with Gasteiger partial charge in [0.2, 0.25) is 0 Å². The number of hydrogen-bond donors (Lipinski definition) is 2. The van der Waals surface area contributed by atoms with Crippen molar-refractivity contribution in [2.24, 2.45) is 0 Å². The molecule has 0 aliphatic carbocycles. The molecule has 0 spiro atoms. The van der Waals surface area contributed by atoms with Crippen LogP contribution in [0.3, 0.4) is 0 Å². The van der Waals surface area contributed by atoms with Crippen LogP contribution in [0.1, 0.15) is 13.8 Å². The number of rotatable bonds is 8. The second kappa shape index (κ2) is 18.6. The molecular formula is C10H24N4NiO2-2. The molecule has 2 atom stereocenters. The maximum absolute atomic E-state index is 8.62. The van der Waals surface area contributed by atoms with Gasteiger partial charge in [-0.25, -0.2) is 0 Å². The summed E-state index contributed by atoms with van der Waals surface area (Å²) in [6, 6.07) is 0. The van der Waals surface area contributed by atoms with Gasteiger partial charge in [-0.3, -0.25) is 0 Å². The van der Waals surface area contributed by atoms with Crippen LogP contribution in [0.15, 0.2) is 0 Å². The molecule has 108 valence electrons. The molecular weight excluding hydrogens is 267 g/mol. The Morgan fingerprint density at radius 1 is 0.882 bits per heavy atom. The summed E-state index contributed by atoms with van der Waals surface area (Å²) >= 11 is 0. The summed E-state index contributed by atoms with van der Waals surface area (Å²) in [5.74, 6) is 0. The van der Waals surface area contributed by atoms with Gasteiger partial charge < -0.3 is 32.3 Å². The van der Waals surface area contributed by atoms with Gasteiger partial charge in [-0.15, -0.1) is 13.1 Å². The minimum atomic E-state index is -0.346. The summed E-state index contributed by atoms with van der Waals surface area (Å²) in [5, 5.41) is 25.0. The average molecular weight is 291 g/mol. The summed E-state index contributed by atoms with van der Waals surface area (Å²) in [4.78, 5) is 0. The molecule has 2 unspecified atom stereocenters. The van der Waals surface area contributed by atoms with Crippen molar-refractivity contribution >= 4 is 0 Å². The van der Waals surface area contributed by atoms with E-state index in [1.54, 1.807) is 13.8 Å². The maximum Gasteiger partial charge on any atom is 2.00 e. The van der Waals surface area contributed by atoms with E-state index in [9.17, 15) is 0 Å². The second-order valence-corrected chi connectivity index (χ2v) is 3.46. The molecule has 0 fully saturated rings. The van der Waals surface area contributed by atoms with E-state index >= 15 is 0 Å². The summed E-state index contributed by atoms with van der Waals surface area (Å²) < 4.78 is 0. The summed E-state index contributed by atoms with van der Waals surface area (Å²) in [5.41, 5.74) is 13.3. The largest absolute Gasteiger partial charge is 2.00 e. The fourth-order valence-electron chi connectivity index (χ4n) is 0.714. The van der Waals surface area contributed by atoms with Gasteiger partial charge in [0.25, 0.3) is 0 Å². The van der Waals surface area contributed by atoms with Crippen LogP contribution < -0.4 is 0 Å². The monoisotopic (exact) mass is 290 g/mol. The predicted molar refractivity (Wildman–Crippen MR) is 67.9 cm³/mol. The summed E-state index contributed by atoms with van der Waals surface area (Å²) in [6.07, 6.45) is -0.692. The number of aliphatic hydroxyl groups is 2. The van der Waals surface area contributed by atoms with Crippen LogP contribution in [0.25, 0.3) is 22.1 Å². The van der Waals surface area contributed by atoms with Gasteiger partial charge in [0.1, 0.15) is 0 Å². The zero-order valence-electron chi connectivity index (χ0n) is 10.5. The Labute approximate surface area is 114 Å². The molecule has 0 aromatic carbocycles. The van der Waals surface area contributed by atoms with Crippen molar-refractivity contribution in [1.29, 1.82) is 0 Å². The topological polar surface area (TPSA) is 116 Å². The third kappa shape index (κ3) is 31.4. The van der Waals surface area contributed by atoms with Crippen LogP contribution in [0, 0.1) is 0 Å². The van der Waals surface area contributed by atoms with Gasteiger partial charge in [-0.05, 0) is 13.8 Å². The minimum Gasteiger partial charge on any atom is -0.679 e. The fourth-order valence-corrected chi connectivity index (χ4v) is 0.714. The van der Waals surface area contributed by atoms with Crippen LogP contribution in [0.2, 0.25) is 0 Å². The standard InChI is InChI=1S/2C5H12N2O.Ni/c2*1-5(8)4-7-3-2-6;/h2*5-6,8H,2-4H2,1H3;/q2*-2;+2. The molecule has 0 radical (unpaired) electrons. The van der Waals surface area contributed by atoms with Gasteiger partial charge in [-0.1, -0.05) is 0 Å². The zero-order valence-corrected chi connectivity index (χ0v) is 11.5. The number of hydrogen-bond acceptors (Lipinski definition) is 2. The number of aliphatic hydroxyl groups excluding tert-OH is 2. The molecule has 0 aliphatic heterocycles. The molecule has 6 nitrogen and oxygen atoms in total. The van der Waals surface area contributed by atoms with Crippen LogP contribution >= 0.6 is 0 Å². The Hall–Kier alpha value is 0.254. The van der Waals surface area contributed by atoms with Crippen molar-refractivity contribution in [3.63, 3.8) is 0 Å². The van der Waals surface area contributed by atoms with E-state index in [-0.39, 0.29) is 28.7 Å². The molecule has 4 N–H and O–H groups in total. The second-order valence-electron chi connectivity index (χ2n) is 3.46. The van der Waals surface area contributed by atoms with Crippen molar-refractivity contribution in [2.75, 3.05) is 39.3 Å². The Morgan fingerprint density at radius 2 is 1.18 bits per heavy atom. The van der Waals surface area contributed by atoms with Crippen molar-refractivity contribution in [3.8, 4) is 0 Å². The van der Waals surface area contributed by atoms with Gasteiger partial charge in [-0.2, -0.15) is 26.2 Å². The molecule has 0 bridgehead atoms. The van der Waals surface area contributed by atoms with Crippen molar-refractivity contribution in [3.05, 3.63) is 22.1 Å². The molecule has 0 aliphatic rings. The first-order valence-corrected chi connectivity index (χ1v) is 5.46. The fraction of sp³-hybridized carbons (Fsp3) is 1.00. The van der Waals surface area contributed by atoms with Gasteiger partial charge in [0, 0.05) is 12.2 Å². The van der Waals surface area contributed by atoms with E-state index in [4.69, 9.17) is 21.7 Å². The molecule has 0 aromatic rings. The molecule has 0 saturated heterocycles. The van der Waals surface area contributed by atoms with Crippen molar-refractivity contribution < 1.29 is 26.7 Å². The van der Waals surface area contributed by atoms with E-state index < -0.39 is 0 Å². The van der Waals surface area contributed by atoms with Crippen molar-refractivity contribution in [2.45, 2.75) is 26.1 Å².